The van der Waals surface area contributed by atoms with Gasteiger partial charge in [0.2, 0.25) is 5.91 Å². The van der Waals surface area contributed by atoms with E-state index in [1.807, 2.05) is 30.1 Å². The van der Waals surface area contributed by atoms with Gasteiger partial charge in [-0.05, 0) is 47.7 Å². The molecule has 1 amide bonds. The van der Waals surface area contributed by atoms with Gasteiger partial charge in [-0.3, -0.25) is 4.79 Å². The summed E-state index contributed by atoms with van der Waals surface area (Å²) in [6.45, 7) is 0.242. The monoisotopic (exact) mass is 361 g/mol. The summed E-state index contributed by atoms with van der Waals surface area (Å²) in [5.41, 5.74) is 2.79. The number of nitrogens with one attached hydrogen (secondary N) is 1. The Balaban J connectivity index is 1.48. The molecule has 0 unspecified atom stereocenters. The molecule has 0 radical (unpaired) electrons. The third-order valence-corrected chi connectivity index (χ3v) is 6.05. The lowest BCUT2D eigenvalue weighted by Crippen LogP contribution is -2.30. The van der Waals surface area contributed by atoms with Crippen LogP contribution in [0.1, 0.15) is 22.4 Å². The Morgan fingerprint density at radius 2 is 2.04 bits per heavy atom. The molecule has 1 aliphatic carbocycles. The number of hydrogen-bond acceptors (Lipinski definition) is 4. The van der Waals surface area contributed by atoms with E-state index in [1.54, 1.807) is 11.3 Å². The number of likely N-dealkylation sites (N-methyl/N-ethyl adjacent to an activating group) is 1. The summed E-state index contributed by atoms with van der Waals surface area (Å²) in [7, 11) is 1.91. The maximum Gasteiger partial charge on any atom is 0.244 e. The lowest BCUT2D eigenvalue weighted by atomic mass is 10.1. The van der Waals surface area contributed by atoms with Crippen molar-refractivity contribution in [3.05, 3.63) is 58.5 Å². The maximum absolute atomic E-state index is 12.5. The second kappa shape index (κ2) is 6.81. The molecule has 0 bridgehead atoms. The van der Waals surface area contributed by atoms with Crippen LogP contribution < -0.4 is 10.2 Å². The maximum atomic E-state index is 12.5. The molecule has 3 aromatic rings. The number of fused-ring (bicyclic) bond motifs is 2. The van der Waals surface area contributed by atoms with Crippen molar-refractivity contribution in [3.8, 4) is 6.07 Å². The number of anilines is 2. The molecule has 0 spiro atoms. The highest BCUT2D eigenvalue weighted by atomic mass is 32.1. The molecule has 1 aromatic heterocycles. The van der Waals surface area contributed by atoms with Crippen molar-refractivity contribution < 1.29 is 4.79 Å². The fraction of sp³-hybridized carbons (Fsp3) is 0.238. The molecule has 1 heterocycles. The minimum absolute atomic E-state index is 0.0999. The minimum atomic E-state index is -0.0999. The third kappa shape index (κ3) is 3.04. The second-order valence-electron chi connectivity index (χ2n) is 6.61. The van der Waals surface area contributed by atoms with Crippen LogP contribution in [-0.4, -0.2) is 19.5 Å². The van der Waals surface area contributed by atoms with E-state index < -0.39 is 0 Å². The number of benzene rings is 2. The Bertz CT molecular complexity index is 1030. The number of hydrogen-bond donors (Lipinski definition) is 1. The van der Waals surface area contributed by atoms with Crippen LogP contribution in [0.5, 0.6) is 0 Å². The van der Waals surface area contributed by atoms with Crippen molar-refractivity contribution in [1.29, 1.82) is 5.26 Å². The lowest BCUT2D eigenvalue weighted by Gasteiger charge is -2.19. The quantitative estimate of drug-likeness (QED) is 0.752. The summed E-state index contributed by atoms with van der Waals surface area (Å²) in [5, 5.41) is 15.4. The van der Waals surface area contributed by atoms with Crippen molar-refractivity contribution in [2.45, 2.75) is 19.3 Å². The summed E-state index contributed by atoms with van der Waals surface area (Å²) in [4.78, 5) is 15.7. The van der Waals surface area contributed by atoms with Crippen LogP contribution in [0.25, 0.3) is 10.8 Å². The number of rotatable bonds is 4. The van der Waals surface area contributed by atoms with Crippen LogP contribution in [0.2, 0.25) is 0 Å². The molecule has 2 aromatic carbocycles. The highest BCUT2D eigenvalue weighted by molar-refractivity contribution is 7.16. The van der Waals surface area contributed by atoms with Gasteiger partial charge >= 0.3 is 0 Å². The number of thiophene rings is 1. The van der Waals surface area contributed by atoms with Gasteiger partial charge in [0.05, 0.1) is 12.1 Å². The first-order valence-electron chi connectivity index (χ1n) is 8.70. The molecular weight excluding hydrogens is 342 g/mol. The highest BCUT2D eigenvalue weighted by Gasteiger charge is 2.23. The Morgan fingerprint density at radius 1 is 1.23 bits per heavy atom. The number of nitriles is 1. The Labute approximate surface area is 156 Å². The van der Waals surface area contributed by atoms with Crippen LogP contribution in [0.15, 0.2) is 42.5 Å². The van der Waals surface area contributed by atoms with Crippen LogP contribution in [0, 0.1) is 11.3 Å². The molecule has 0 saturated heterocycles. The van der Waals surface area contributed by atoms with Gasteiger partial charge in [0.1, 0.15) is 11.1 Å². The van der Waals surface area contributed by atoms with E-state index in [2.05, 4.69) is 35.7 Å². The standard InChI is InChI=1S/C21H19N3OS/c1-24(16-10-9-14-5-2-3-6-15(14)11-16)13-20(25)23-21-18(12-22)17-7-4-8-19(17)26-21/h2-3,5-6,9-11H,4,7-8,13H2,1H3,(H,23,25). The van der Waals surface area contributed by atoms with Gasteiger partial charge in [0, 0.05) is 17.6 Å². The van der Waals surface area contributed by atoms with Gasteiger partial charge < -0.3 is 10.2 Å². The zero-order chi connectivity index (χ0) is 18.1. The average Bonchev–Trinajstić information content (AvgIpc) is 3.21. The lowest BCUT2D eigenvalue weighted by molar-refractivity contribution is -0.114. The smallest absolute Gasteiger partial charge is 0.244 e. The molecule has 26 heavy (non-hydrogen) atoms. The molecule has 0 saturated carbocycles. The molecule has 130 valence electrons. The van der Waals surface area contributed by atoms with E-state index in [4.69, 9.17) is 0 Å². The van der Waals surface area contributed by atoms with Crippen LogP contribution in [0.4, 0.5) is 10.7 Å². The molecule has 4 rings (SSSR count). The van der Waals surface area contributed by atoms with Crippen LogP contribution in [-0.2, 0) is 17.6 Å². The predicted molar refractivity (Wildman–Crippen MR) is 107 cm³/mol. The molecule has 0 atom stereocenters. The molecule has 1 aliphatic rings. The van der Waals surface area contributed by atoms with Crippen molar-refractivity contribution in [3.63, 3.8) is 0 Å². The molecule has 0 aliphatic heterocycles. The highest BCUT2D eigenvalue weighted by Crippen LogP contribution is 2.38. The third-order valence-electron chi connectivity index (χ3n) is 4.84. The zero-order valence-corrected chi connectivity index (χ0v) is 15.4. The van der Waals surface area contributed by atoms with Gasteiger partial charge in [-0.1, -0.05) is 30.3 Å². The summed E-state index contributed by atoms with van der Waals surface area (Å²) < 4.78 is 0. The fourth-order valence-corrected chi connectivity index (χ4v) is 4.75. The van der Waals surface area contributed by atoms with E-state index in [9.17, 15) is 10.1 Å². The molecule has 0 fully saturated rings. The van der Waals surface area contributed by atoms with Crippen molar-refractivity contribution >= 4 is 38.7 Å². The summed E-state index contributed by atoms with van der Waals surface area (Å²) in [6, 6.07) is 16.6. The van der Waals surface area contributed by atoms with Crippen molar-refractivity contribution in [2.24, 2.45) is 0 Å². The minimum Gasteiger partial charge on any atom is -0.365 e. The molecule has 1 N–H and O–H groups in total. The largest absolute Gasteiger partial charge is 0.365 e. The number of nitrogens with zero attached hydrogens (tertiary/aromatic N) is 2. The van der Waals surface area contributed by atoms with Crippen LogP contribution >= 0.6 is 11.3 Å². The first kappa shape index (κ1) is 16.6. The van der Waals surface area contributed by atoms with Crippen LogP contribution in [0.3, 0.4) is 0 Å². The predicted octanol–water partition coefficient (Wildman–Crippen LogP) is 4.34. The van der Waals surface area contributed by atoms with E-state index >= 15 is 0 Å². The Morgan fingerprint density at radius 3 is 2.85 bits per heavy atom. The molecular formula is C21H19N3OS. The van der Waals surface area contributed by atoms with Gasteiger partial charge in [-0.25, -0.2) is 0 Å². The van der Waals surface area contributed by atoms with E-state index in [-0.39, 0.29) is 12.5 Å². The van der Waals surface area contributed by atoms with E-state index in [1.165, 1.54) is 10.3 Å². The van der Waals surface area contributed by atoms with Gasteiger partial charge in [0.25, 0.3) is 0 Å². The zero-order valence-electron chi connectivity index (χ0n) is 14.6. The van der Waals surface area contributed by atoms with Crippen molar-refractivity contribution in [2.75, 3.05) is 23.8 Å². The fourth-order valence-electron chi connectivity index (χ4n) is 3.50. The topological polar surface area (TPSA) is 56.1 Å². The van der Waals surface area contributed by atoms with Crippen molar-refractivity contribution in [1.82, 2.24) is 0 Å². The summed E-state index contributed by atoms with van der Waals surface area (Å²) >= 11 is 1.55. The average molecular weight is 361 g/mol. The Kier molecular flexibility index (Phi) is 4.36. The number of amides is 1. The summed E-state index contributed by atoms with van der Waals surface area (Å²) in [6.07, 6.45) is 3.07. The van der Waals surface area contributed by atoms with E-state index in [0.29, 0.717) is 10.6 Å². The number of aryl methyl sites for hydroxylation is 1. The Hall–Kier alpha value is -2.84. The van der Waals surface area contributed by atoms with E-state index in [0.717, 1.165) is 35.9 Å². The first-order chi connectivity index (χ1) is 12.7. The molecule has 4 nitrogen and oxygen atoms in total. The normalized spacial score (nSPS) is 12.6. The number of carbonyl (C=O) groups is 1. The summed E-state index contributed by atoms with van der Waals surface area (Å²) in [5.74, 6) is -0.0999. The van der Waals surface area contributed by atoms with Gasteiger partial charge in [0.15, 0.2) is 0 Å². The SMILES string of the molecule is CN(CC(=O)Nc1sc2c(c1C#N)CCC2)c1ccc2ccccc2c1. The second-order valence-corrected chi connectivity index (χ2v) is 7.71. The van der Waals surface area contributed by atoms with Gasteiger partial charge in [-0.2, -0.15) is 5.26 Å². The van der Waals surface area contributed by atoms with Gasteiger partial charge in [-0.15, -0.1) is 11.3 Å². The number of carbonyl (C=O) groups excluding carboxylic acids is 1. The first-order valence-corrected chi connectivity index (χ1v) is 9.52. The molecule has 5 heteroatoms.